The van der Waals surface area contributed by atoms with Crippen molar-refractivity contribution in [1.29, 1.82) is 0 Å². The monoisotopic (exact) mass is 345 g/mol. The Bertz CT molecular complexity index is 1010. The van der Waals surface area contributed by atoms with E-state index in [0.29, 0.717) is 5.92 Å². The standard InChI is InChI=1S/C23H23NO2/c1-23(2)19-14-24-20-7-5-4-6-16(20)12-21(24)18(19)13-22(26-23)15-8-10-17(25-3)11-9-15/h4-13,19,22H,14H2,1-3H3/t19-,22+/m1/s1. The number of methoxy groups -OCH3 is 1. The van der Waals surface area contributed by atoms with Crippen LogP contribution in [-0.4, -0.2) is 17.3 Å². The van der Waals surface area contributed by atoms with Crippen LogP contribution < -0.4 is 4.74 Å². The highest BCUT2D eigenvalue weighted by Gasteiger charge is 2.44. The van der Waals surface area contributed by atoms with Gasteiger partial charge in [0.2, 0.25) is 0 Å². The molecule has 26 heavy (non-hydrogen) atoms. The Morgan fingerprint density at radius 1 is 1.08 bits per heavy atom. The number of hydrogen-bond acceptors (Lipinski definition) is 2. The maximum absolute atomic E-state index is 6.53. The summed E-state index contributed by atoms with van der Waals surface area (Å²) < 4.78 is 14.3. The first-order chi connectivity index (χ1) is 12.6. The summed E-state index contributed by atoms with van der Waals surface area (Å²) in [6.07, 6.45) is 2.28. The molecule has 0 unspecified atom stereocenters. The molecule has 0 amide bonds. The number of para-hydroxylation sites is 1. The van der Waals surface area contributed by atoms with Crippen molar-refractivity contribution in [1.82, 2.24) is 4.57 Å². The summed E-state index contributed by atoms with van der Waals surface area (Å²) in [6, 6.07) is 19.2. The van der Waals surface area contributed by atoms with Gasteiger partial charge in [0.25, 0.3) is 0 Å². The number of benzene rings is 2. The van der Waals surface area contributed by atoms with E-state index in [9.17, 15) is 0 Å². The van der Waals surface area contributed by atoms with Crippen LogP contribution in [0.4, 0.5) is 0 Å². The number of nitrogens with zero attached hydrogens (tertiary/aromatic N) is 1. The van der Waals surface area contributed by atoms with E-state index >= 15 is 0 Å². The van der Waals surface area contributed by atoms with E-state index in [2.05, 4.69) is 67.0 Å². The lowest BCUT2D eigenvalue weighted by molar-refractivity contribution is -0.0853. The average molecular weight is 345 g/mol. The van der Waals surface area contributed by atoms with Gasteiger partial charge in [-0.3, -0.25) is 0 Å². The Balaban J connectivity index is 1.62. The van der Waals surface area contributed by atoms with Crippen LogP contribution in [0.25, 0.3) is 16.5 Å². The Labute approximate surface area is 153 Å². The number of fused-ring (bicyclic) bond motifs is 5. The Kier molecular flexibility index (Phi) is 3.32. The zero-order chi connectivity index (χ0) is 17.9. The maximum Gasteiger partial charge on any atom is 0.118 e. The van der Waals surface area contributed by atoms with E-state index < -0.39 is 0 Å². The predicted octanol–water partition coefficient (Wildman–Crippen LogP) is 5.21. The molecule has 2 atom stereocenters. The lowest BCUT2D eigenvalue weighted by atomic mass is 9.81. The van der Waals surface area contributed by atoms with Crippen molar-refractivity contribution >= 4 is 16.5 Å². The molecule has 1 aromatic heterocycles. The molecule has 3 heteroatoms. The van der Waals surface area contributed by atoms with Crippen molar-refractivity contribution in [3.8, 4) is 5.75 Å². The third-order valence-electron chi connectivity index (χ3n) is 5.89. The van der Waals surface area contributed by atoms with Crippen LogP contribution in [0.1, 0.15) is 31.2 Å². The van der Waals surface area contributed by atoms with Crippen molar-refractivity contribution < 1.29 is 9.47 Å². The molecule has 3 nitrogen and oxygen atoms in total. The highest BCUT2D eigenvalue weighted by Crippen LogP contribution is 2.49. The molecule has 0 N–H and O–H groups in total. The van der Waals surface area contributed by atoms with Gasteiger partial charge < -0.3 is 14.0 Å². The van der Waals surface area contributed by atoms with E-state index in [1.165, 1.54) is 27.7 Å². The van der Waals surface area contributed by atoms with Crippen LogP contribution in [-0.2, 0) is 11.3 Å². The lowest BCUT2D eigenvalue weighted by Crippen LogP contribution is -2.39. The van der Waals surface area contributed by atoms with Crippen molar-refractivity contribution in [3.63, 3.8) is 0 Å². The first kappa shape index (κ1) is 15.7. The molecule has 2 aromatic carbocycles. The smallest absolute Gasteiger partial charge is 0.118 e. The molecule has 0 spiro atoms. The highest BCUT2D eigenvalue weighted by molar-refractivity contribution is 5.88. The summed E-state index contributed by atoms with van der Waals surface area (Å²) >= 11 is 0. The van der Waals surface area contributed by atoms with Gasteiger partial charge in [-0.15, -0.1) is 0 Å². The molecular weight excluding hydrogens is 322 g/mol. The van der Waals surface area contributed by atoms with Crippen LogP contribution in [0.3, 0.4) is 0 Å². The minimum Gasteiger partial charge on any atom is -0.497 e. The van der Waals surface area contributed by atoms with Crippen LogP contribution in [0.5, 0.6) is 5.75 Å². The number of rotatable bonds is 2. The van der Waals surface area contributed by atoms with Gasteiger partial charge in [0, 0.05) is 29.1 Å². The third kappa shape index (κ3) is 2.24. The molecular formula is C23H23NO2. The van der Waals surface area contributed by atoms with Crippen molar-refractivity contribution in [2.24, 2.45) is 5.92 Å². The molecule has 132 valence electrons. The Hall–Kier alpha value is -2.52. The number of aromatic nitrogens is 1. The van der Waals surface area contributed by atoms with Crippen LogP contribution in [0.15, 0.2) is 60.7 Å². The molecule has 3 heterocycles. The van der Waals surface area contributed by atoms with E-state index in [1.807, 2.05) is 12.1 Å². The molecule has 0 saturated carbocycles. The third-order valence-corrected chi connectivity index (χ3v) is 5.89. The van der Waals surface area contributed by atoms with Gasteiger partial charge in [-0.25, -0.2) is 0 Å². The van der Waals surface area contributed by atoms with Gasteiger partial charge in [-0.2, -0.15) is 0 Å². The number of ether oxygens (including phenoxy) is 2. The normalized spacial score (nSPS) is 23.4. The second-order valence-electron chi connectivity index (χ2n) is 7.79. The second kappa shape index (κ2) is 5.49. The minimum atomic E-state index is -0.213. The Morgan fingerprint density at radius 3 is 2.62 bits per heavy atom. The van der Waals surface area contributed by atoms with Crippen LogP contribution in [0, 0.1) is 5.92 Å². The fourth-order valence-electron chi connectivity index (χ4n) is 4.47. The molecule has 0 aliphatic carbocycles. The van der Waals surface area contributed by atoms with Gasteiger partial charge in [-0.05, 0) is 55.3 Å². The second-order valence-corrected chi connectivity index (χ2v) is 7.79. The summed E-state index contributed by atoms with van der Waals surface area (Å²) in [5.41, 5.74) is 5.02. The molecule has 0 saturated heterocycles. The van der Waals surface area contributed by atoms with Gasteiger partial charge in [0.1, 0.15) is 11.9 Å². The SMILES string of the molecule is COc1ccc([C@@H]2C=C3c4cc5ccccc5n4C[C@H]3C(C)(C)O2)cc1. The van der Waals surface area contributed by atoms with E-state index in [1.54, 1.807) is 7.11 Å². The first-order valence-electron chi connectivity index (χ1n) is 9.19. The maximum atomic E-state index is 6.53. The predicted molar refractivity (Wildman–Crippen MR) is 104 cm³/mol. The topological polar surface area (TPSA) is 23.4 Å². The summed E-state index contributed by atoms with van der Waals surface area (Å²) in [4.78, 5) is 0. The molecule has 2 aliphatic rings. The summed E-state index contributed by atoms with van der Waals surface area (Å²) in [5, 5.41) is 1.31. The number of hydrogen-bond donors (Lipinski definition) is 0. The van der Waals surface area contributed by atoms with E-state index in [0.717, 1.165) is 12.3 Å². The fourth-order valence-corrected chi connectivity index (χ4v) is 4.47. The minimum absolute atomic E-state index is 0.0354. The first-order valence-corrected chi connectivity index (χ1v) is 9.19. The van der Waals surface area contributed by atoms with Gasteiger partial charge >= 0.3 is 0 Å². The fraction of sp³-hybridized carbons (Fsp3) is 0.304. The highest BCUT2D eigenvalue weighted by atomic mass is 16.5. The zero-order valence-corrected chi connectivity index (χ0v) is 15.4. The molecule has 0 bridgehead atoms. The molecule has 3 aromatic rings. The van der Waals surface area contributed by atoms with Crippen LogP contribution in [0.2, 0.25) is 0 Å². The Morgan fingerprint density at radius 2 is 1.85 bits per heavy atom. The lowest BCUT2D eigenvalue weighted by Gasteiger charge is -2.40. The van der Waals surface area contributed by atoms with E-state index in [-0.39, 0.29) is 11.7 Å². The summed E-state index contributed by atoms with van der Waals surface area (Å²) in [6.45, 7) is 5.42. The summed E-state index contributed by atoms with van der Waals surface area (Å²) in [5.74, 6) is 1.26. The van der Waals surface area contributed by atoms with Gasteiger partial charge in [0.05, 0.1) is 12.7 Å². The molecule has 2 aliphatic heterocycles. The van der Waals surface area contributed by atoms with Crippen LogP contribution >= 0.6 is 0 Å². The summed E-state index contributed by atoms with van der Waals surface area (Å²) in [7, 11) is 1.69. The van der Waals surface area contributed by atoms with Crippen molar-refractivity contribution in [3.05, 3.63) is 71.9 Å². The van der Waals surface area contributed by atoms with Crippen molar-refractivity contribution in [2.75, 3.05) is 7.11 Å². The quantitative estimate of drug-likeness (QED) is 0.636. The molecule has 0 fully saturated rings. The van der Waals surface area contributed by atoms with Crippen molar-refractivity contribution in [2.45, 2.75) is 32.1 Å². The average Bonchev–Trinajstić information content (AvgIpc) is 3.19. The molecule has 0 radical (unpaired) electrons. The largest absolute Gasteiger partial charge is 0.497 e. The zero-order valence-electron chi connectivity index (χ0n) is 15.4. The van der Waals surface area contributed by atoms with Gasteiger partial charge in [0.15, 0.2) is 0 Å². The molecule has 5 rings (SSSR count). The van der Waals surface area contributed by atoms with Gasteiger partial charge in [-0.1, -0.05) is 30.3 Å². The van der Waals surface area contributed by atoms with E-state index in [4.69, 9.17) is 9.47 Å².